The van der Waals surface area contributed by atoms with Crippen molar-refractivity contribution in [1.29, 1.82) is 0 Å². The largest absolute Gasteiger partial charge is 0.488 e. The highest BCUT2D eigenvalue weighted by Crippen LogP contribution is 2.29. The molecule has 1 aromatic heterocycles. The monoisotopic (exact) mass is 276 g/mol. The van der Waals surface area contributed by atoms with Gasteiger partial charge in [-0.25, -0.2) is 9.37 Å². The van der Waals surface area contributed by atoms with Crippen LogP contribution in [0.15, 0.2) is 35.7 Å². The quantitative estimate of drug-likeness (QED) is 0.381. The minimum atomic E-state index is -0.270. The molecule has 2 aromatic rings. The molecular weight excluding hydrogens is 263 g/mol. The predicted octanol–water partition coefficient (Wildman–Crippen LogP) is 1.12. The maximum Gasteiger partial charge on any atom is 0.206 e. The molecule has 0 saturated carbocycles. The van der Waals surface area contributed by atoms with Crippen molar-refractivity contribution in [1.82, 2.24) is 9.55 Å². The molecule has 7 heteroatoms. The number of hydrogen-bond donors (Lipinski definition) is 2. The number of aromatic nitrogens is 2. The predicted molar refractivity (Wildman–Crippen MR) is 69.3 cm³/mol. The Morgan fingerprint density at radius 2 is 2.45 bits per heavy atom. The second-order valence-electron chi connectivity index (χ2n) is 4.58. The number of fused-ring (bicyclic) bond motifs is 1. The molecule has 2 heterocycles. The van der Waals surface area contributed by atoms with E-state index in [0.717, 1.165) is 5.56 Å². The van der Waals surface area contributed by atoms with Crippen LogP contribution in [-0.2, 0) is 13.0 Å². The Bertz CT molecular complexity index is 668. The number of amidine groups is 1. The first kappa shape index (κ1) is 12.5. The summed E-state index contributed by atoms with van der Waals surface area (Å²) >= 11 is 0. The average Bonchev–Trinajstić information content (AvgIpc) is 3.04. The first-order valence-electron chi connectivity index (χ1n) is 6.11. The lowest BCUT2D eigenvalue weighted by atomic mass is 10.1. The molecule has 0 bridgehead atoms. The summed E-state index contributed by atoms with van der Waals surface area (Å²) in [5.74, 6) is 0.740. The van der Waals surface area contributed by atoms with Crippen LogP contribution in [0.5, 0.6) is 5.75 Å². The van der Waals surface area contributed by atoms with Gasteiger partial charge in [0.1, 0.15) is 17.7 Å². The zero-order valence-electron chi connectivity index (χ0n) is 10.5. The number of nitrogens with zero attached hydrogens (tertiary/aromatic N) is 3. The molecule has 104 valence electrons. The van der Waals surface area contributed by atoms with Crippen LogP contribution in [0.1, 0.15) is 11.4 Å². The van der Waals surface area contributed by atoms with E-state index in [2.05, 4.69) is 10.1 Å². The van der Waals surface area contributed by atoms with E-state index in [4.69, 9.17) is 15.7 Å². The standard InChI is InChI=1S/C13H13FN4O2/c14-9-1-2-11-8(5-9)6-10(20-11)7-18-4-3-16-13(18)12(15)17-19/h1-5,10,19H,6-7H2,(H2,15,17). The molecule has 3 N–H and O–H groups in total. The fraction of sp³-hybridized carbons (Fsp3) is 0.231. The minimum absolute atomic E-state index is 0.0587. The zero-order chi connectivity index (χ0) is 14.1. The summed E-state index contributed by atoms with van der Waals surface area (Å²) in [6.45, 7) is 0.488. The number of ether oxygens (including phenoxy) is 1. The second-order valence-corrected chi connectivity index (χ2v) is 4.58. The van der Waals surface area contributed by atoms with E-state index >= 15 is 0 Å². The van der Waals surface area contributed by atoms with Gasteiger partial charge in [-0.3, -0.25) is 0 Å². The topological polar surface area (TPSA) is 85.7 Å². The highest BCUT2D eigenvalue weighted by molar-refractivity contribution is 5.93. The Morgan fingerprint density at radius 3 is 3.25 bits per heavy atom. The van der Waals surface area contributed by atoms with Crippen molar-refractivity contribution in [3.8, 4) is 5.75 Å². The molecule has 1 aliphatic rings. The summed E-state index contributed by atoms with van der Waals surface area (Å²) in [7, 11) is 0. The summed E-state index contributed by atoms with van der Waals surface area (Å²) in [5, 5.41) is 11.6. The van der Waals surface area contributed by atoms with Crippen LogP contribution >= 0.6 is 0 Å². The van der Waals surface area contributed by atoms with Gasteiger partial charge in [0, 0.05) is 24.4 Å². The van der Waals surface area contributed by atoms with E-state index in [1.165, 1.54) is 12.1 Å². The zero-order valence-corrected chi connectivity index (χ0v) is 10.5. The van der Waals surface area contributed by atoms with Crippen molar-refractivity contribution < 1.29 is 14.3 Å². The van der Waals surface area contributed by atoms with Gasteiger partial charge in [-0.1, -0.05) is 5.16 Å². The van der Waals surface area contributed by atoms with Gasteiger partial charge in [-0.2, -0.15) is 0 Å². The Balaban J connectivity index is 1.77. The van der Waals surface area contributed by atoms with Crippen LogP contribution in [0.3, 0.4) is 0 Å². The van der Waals surface area contributed by atoms with Gasteiger partial charge in [0.25, 0.3) is 0 Å². The van der Waals surface area contributed by atoms with Gasteiger partial charge in [0.2, 0.25) is 5.84 Å². The lowest BCUT2D eigenvalue weighted by Crippen LogP contribution is -2.26. The van der Waals surface area contributed by atoms with E-state index in [-0.39, 0.29) is 17.8 Å². The molecule has 6 nitrogen and oxygen atoms in total. The summed E-state index contributed by atoms with van der Waals surface area (Å²) in [6, 6.07) is 4.48. The molecular formula is C13H13FN4O2. The fourth-order valence-electron chi connectivity index (χ4n) is 2.34. The highest BCUT2D eigenvalue weighted by Gasteiger charge is 2.24. The first-order chi connectivity index (χ1) is 9.67. The smallest absolute Gasteiger partial charge is 0.206 e. The Kier molecular flexibility index (Phi) is 3.02. The van der Waals surface area contributed by atoms with Crippen molar-refractivity contribution in [2.45, 2.75) is 19.1 Å². The molecule has 0 aliphatic carbocycles. The van der Waals surface area contributed by atoms with Gasteiger partial charge in [0.15, 0.2) is 5.82 Å². The first-order valence-corrected chi connectivity index (χ1v) is 6.11. The number of halogens is 1. The molecule has 3 rings (SSSR count). The van der Waals surface area contributed by atoms with E-state index < -0.39 is 0 Å². The number of hydrogen-bond acceptors (Lipinski definition) is 4. The van der Waals surface area contributed by atoms with Crippen molar-refractivity contribution in [3.05, 3.63) is 47.8 Å². The second kappa shape index (κ2) is 4.84. The van der Waals surface area contributed by atoms with Crippen molar-refractivity contribution >= 4 is 5.84 Å². The Morgan fingerprint density at radius 1 is 1.60 bits per heavy atom. The number of rotatable bonds is 3. The third-order valence-electron chi connectivity index (χ3n) is 3.22. The maximum atomic E-state index is 13.2. The van der Waals surface area contributed by atoms with Crippen LogP contribution in [0.2, 0.25) is 0 Å². The van der Waals surface area contributed by atoms with E-state index in [1.54, 1.807) is 23.0 Å². The van der Waals surface area contributed by atoms with Gasteiger partial charge >= 0.3 is 0 Å². The molecule has 20 heavy (non-hydrogen) atoms. The van der Waals surface area contributed by atoms with E-state index in [0.29, 0.717) is 24.5 Å². The number of benzene rings is 1. The molecule has 0 fully saturated rings. The SMILES string of the molecule is N/C(=N/O)c1nccn1CC1Cc2cc(F)ccc2O1. The maximum absolute atomic E-state index is 13.2. The minimum Gasteiger partial charge on any atom is -0.488 e. The number of nitrogens with two attached hydrogens (primary N) is 1. The van der Waals surface area contributed by atoms with Crippen LogP contribution in [0.25, 0.3) is 0 Å². The van der Waals surface area contributed by atoms with Crippen molar-refractivity contribution in [3.63, 3.8) is 0 Å². The summed E-state index contributed by atoms with van der Waals surface area (Å²) in [6.07, 6.45) is 3.77. The van der Waals surface area contributed by atoms with Crippen molar-refractivity contribution in [2.75, 3.05) is 0 Å². The molecule has 0 spiro atoms. The summed E-state index contributed by atoms with van der Waals surface area (Å²) in [4.78, 5) is 4.02. The molecule has 1 aliphatic heterocycles. The lowest BCUT2D eigenvalue weighted by Gasteiger charge is -2.13. The third kappa shape index (κ3) is 2.18. The normalized spacial score (nSPS) is 17.9. The molecule has 1 unspecified atom stereocenters. The van der Waals surface area contributed by atoms with Crippen molar-refractivity contribution in [2.24, 2.45) is 10.9 Å². The fourth-order valence-corrected chi connectivity index (χ4v) is 2.34. The molecule has 0 saturated heterocycles. The van der Waals surface area contributed by atoms with Gasteiger partial charge in [0.05, 0.1) is 6.54 Å². The molecule has 1 aromatic carbocycles. The highest BCUT2D eigenvalue weighted by atomic mass is 19.1. The van der Waals surface area contributed by atoms with E-state index in [1.807, 2.05) is 0 Å². The van der Waals surface area contributed by atoms with Gasteiger partial charge < -0.3 is 20.2 Å². The summed E-state index contributed by atoms with van der Waals surface area (Å²) < 4.78 is 20.6. The van der Waals surface area contributed by atoms with Crippen LogP contribution < -0.4 is 10.5 Å². The third-order valence-corrected chi connectivity index (χ3v) is 3.22. The molecule has 0 amide bonds. The van der Waals surface area contributed by atoms with Gasteiger partial charge in [-0.05, 0) is 18.2 Å². The van der Waals surface area contributed by atoms with Gasteiger partial charge in [-0.15, -0.1) is 0 Å². The van der Waals surface area contributed by atoms with Crippen LogP contribution in [0, 0.1) is 5.82 Å². The summed E-state index contributed by atoms with van der Waals surface area (Å²) in [5.41, 5.74) is 6.39. The van der Waals surface area contributed by atoms with Crippen LogP contribution in [-0.4, -0.2) is 26.7 Å². The Labute approximate surface area is 114 Å². The molecule has 1 atom stereocenters. The lowest BCUT2D eigenvalue weighted by molar-refractivity contribution is 0.208. The van der Waals surface area contributed by atoms with Crippen LogP contribution in [0.4, 0.5) is 4.39 Å². The molecule has 0 radical (unpaired) electrons. The number of oxime groups is 1. The Hall–Kier alpha value is -2.57. The number of imidazole rings is 1. The van der Waals surface area contributed by atoms with E-state index in [9.17, 15) is 4.39 Å². The average molecular weight is 276 g/mol.